The predicted molar refractivity (Wildman–Crippen MR) is 98.8 cm³/mol. The highest BCUT2D eigenvalue weighted by Gasteiger charge is 2.32. The number of likely N-dealkylation sites (tertiary alicyclic amines) is 1. The number of para-hydroxylation sites is 1. The Kier molecular flexibility index (Phi) is 5.07. The molecule has 2 heterocycles. The molecule has 3 rings (SSSR count). The fourth-order valence-corrected chi connectivity index (χ4v) is 3.58. The second-order valence-corrected chi connectivity index (χ2v) is 7.01. The third-order valence-electron chi connectivity index (χ3n) is 4.99. The molecular formula is C21H26N2O2. The SMILES string of the molecule is Cc1cccc(C)c1OCc1cccc(C(=O)N2C(C)CCC2C)n1. The molecule has 25 heavy (non-hydrogen) atoms. The van der Waals surface area contributed by atoms with Gasteiger partial charge in [-0.05, 0) is 63.8 Å². The van der Waals surface area contributed by atoms with Gasteiger partial charge < -0.3 is 9.64 Å². The minimum Gasteiger partial charge on any atom is -0.487 e. The lowest BCUT2D eigenvalue weighted by molar-refractivity contribution is 0.0686. The molecule has 1 saturated heterocycles. The third kappa shape index (κ3) is 3.68. The molecule has 2 unspecified atom stereocenters. The van der Waals surface area contributed by atoms with E-state index in [0.29, 0.717) is 12.3 Å². The lowest BCUT2D eigenvalue weighted by Gasteiger charge is -2.26. The van der Waals surface area contributed by atoms with Crippen molar-refractivity contribution in [2.75, 3.05) is 0 Å². The van der Waals surface area contributed by atoms with E-state index >= 15 is 0 Å². The molecule has 1 aromatic heterocycles. The molecule has 4 nitrogen and oxygen atoms in total. The van der Waals surface area contributed by atoms with Gasteiger partial charge in [-0.3, -0.25) is 4.79 Å². The number of benzene rings is 1. The summed E-state index contributed by atoms with van der Waals surface area (Å²) in [5, 5.41) is 0. The Morgan fingerprint density at radius 3 is 2.32 bits per heavy atom. The van der Waals surface area contributed by atoms with Gasteiger partial charge in [0, 0.05) is 12.1 Å². The van der Waals surface area contributed by atoms with Crippen LogP contribution in [0.4, 0.5) is 0 Å². The van der Waals surface area contributed by atoms with Gasteiger partial charge in [0.2, 0.25) is 0 Å². The standard InChI is InChI=1S/C21H26N2O2/c1-14-7-5-8-15(2)20(14)25-13-18-9-6-10-19(22-18)21(24)23-16(3)11-12-17(23)4/h5-10,16-17H,11-13H2,1-4H3. The molecule has 0 radical (unpaired) electrons. The van der Waals surface area contributed by atoms with Crippen LogP contribution in [0, 0.1) is 13.8 Å². The van der Waals surface area contributed by atoms with Crippen LogP contribution in [0.15, 0.2) is 36.4 Å². The van der Waals surface area contributed by atoms with Gasteiger partial charge in [0.15, 0.2) is 0 Å². The van der Waals surface area contributed by atoms with Crippen LogP contribution in [0.1, 0.15) is 54.0 Å². The van der Waals surface area contributed by atoms with Crippen LogP contribution in [0.5, 0.6) is 5.75 Å². The van der Waals surface area contributed by atoms with Crippen LogP contribution in [0.3, 0.4) is 0 Å². The zero-order valence-electron chi connectivity index (χ0n) is 15.5. The minimum absolute atomic E-state index is 0.0198. The van der Waals surface area contributed by atoms with E-state index in [2.05, 4.69) is 18.8 Å². The van der Waals surface area contributed by atoms with E-state index in [0.717, 1.165) is 35.4 Å². The van der Waals surface area contributed by atoms with Crippen molar-refractivity contribution < 1.29 is 9.53 Å². The highest BCUT2D eigenvalue weighted by Crippen LogP contribution is 2.26. The van der Waals surface area contributed by atoms with E-state index in [1.165, 1.54) is 0 Å². The maximum absolute atomic E-state index is 12.8. The molecule has 1 amide bonds. The van der Waals surface area contributed by atoms with Gasteiger partial charge >= 0.3 is 0 Å². The molecule has 132 valence electrons. The molecule has 0 aliphatic carbocycles. The number of carbonyl (C=O) groups excluding carboxylic acids is 1. The van der Waals surface area contributed by atoms with Gasteiger partial charge in [0.05, 0.1) is 5.69 Å². The average Bonchev–Trinajstić information content (AvgIpc) is 2.93. The fraction of sp³-hybridized carbons (Fsp3) is 0.429. The maximum Gasteiger partial charge on any atom is 0.272 e. The summed E-state index contributed by atoms with van der Waals surface area (Å²) in [6.45, 7) is 8.64. The summed E-state index contributed by atoms with van der Waals surface area (Å²) in [6, 6.07) is 12.2. The number of pyridine rings is 1. The van der Waals surface area contributed by atoms with Gasteiger partial charge in [-0.1, -0.05) is 24.3 Å². The van der Waals surface area contributed by atoms with Crippen LogP contribution < -0.4 is 4.74 Å². The van der Waals surface area contributed by atoms with Crippen molar-refractivity contribution in [3.8, 4) is 5.75 Å². The Hall–Kier alpha value is -2.36. The smallest absolute Gasteiger partial charge is 0.272 e. The number of hydrogen-bond acceptors (Lipinski definition) is 3. The topological polar surface area (TPSA) is 42.4 Å². The molecule has 0 N–H and O–H groups in total. The normalized spacial score (nSPS) is 19.9. The van der Waals surface area contributed by atoms with Crippen molar-refractivity contribution in [3.63, 3.8) is 0 Å². The Bertz CT molecular complexity index is 742. The summed E-state index contributed by atoms with van der Waals surface area (Å²) >= 11 is 0. The third-order valence-corrected chi connectivity index (χ3v) is 4.99. The Morgan fingerprint density at radius 1 is 1.08 bits per heavy atom. The van der Waals surface area contributed by atoms with Crippen LogP contribution >= 0.6 is 0 Å². The van der Waals surface area contributed by atoms with Crippen molar-refractivity contribution >= 4 is 5.91 Å². The molecule has 4 heteroatoms. The molecular weight excluding hydrogens is 312 g/mol. The van der Waals surface area contributed by atoms with Gasteiger partial charge in [-0.15, -0.1) is 0 Å². The van der Waals surface area contributed by atoms with Crippen molar-refractivity contribution in [2.24, 2.45) is 0 Å². The minimum atomic E-state index is 0.0198. The first-order valence-corrected chi connectivity index (χ1v) is 8.95. The molecule has 2 atom stereocenters. The van der Waals surface area contributed by atoms with Crippen LogP contribution in [0.25, 0.3) is 0 Å². The van der Waals surface area contributed by atoms with Gasteiger partial charge in [0.1, 0.15) is 18.1 Å². The van der Waals surface area contributed by atoms with Crippen molar-refractivity contribution in [1.82, 2.24) is 9.88 Å². The van der Waals surface area contributed by atoms with Crippen molar-refractivity contribution in [3.05, 3.63) is 58.9 Å². The molecule has 1 aliphatic heterocycles. The molecule has 0 spiro atoms. The van der Waals surface area contributed by atoms with Crippen LogP contribution in [-0.2, 0) is 6.61 Å². The molecule has 1 aromatic carbocycles. The fourth-order valence-electron chi connectivity index (χ4n) is 3.58. The average molecular weight is 338 g/mol. The number of aryl methyl sites for hydroxylation is 2. The van der Waals surface area contributed by atoms with Gasteiger partial charge in [-0.2, -0.15) is 0 Å². The first kappa shape index (κ1) is 17.5. The second-order valence-electron chi connectivity index (χ2n) is 7.01. The Labute approximate surface area is 149 Å². The number of amides is 1. The van der Waals surface area contributed by atoms with Crippen LogP contribution in [-0.4, -0.2) is 27.9 Å². The summed E-state index contributed by atoms with van der Waals surface area (Å²) in [4.78, 5) is 19.3. The van der Waals surface area contributed by atoms with E-state index < -0.39 is 0 Å². The zero-order chi connectivity index (χ0) is 18.0. The van der Waals surface area contributed by atoms with Crippen molar-refractivity contribution in [1.29, 1.82) is 0 Å². The van der Waals surface area contributed by atoms with E-state index in [9.17, 15) is 4.79 Å². The molecule has 1 fully saturated rings. The predicted octanol–water partition coefficient (Wildman–Crippen LogP) is 4.29. The van der Waals surface area contributed by atoms with E-state index in [1.807, 2.05) is 49.1 Å². The summed E-state index contributed by atoms with van der Waals surface area (Å²) in [5.41, 5.74) is 3.48. The highest BCUT2D eigenvalue weighted by molar-refractivity contribution is 5.93. The lowest BCUT2D eigenvalue weighted by Crippen LogP contribution is -2.39. The van der Waals surface area contributed by atoms with E-state index in [-0.39, 0.29) is 18.0 Å². The summed E-state index contributed by atoms with van der Waals surface area (Å²) in [5.74, 6) is 0.911. The molecule has 0 bridgehead atoms. The summed E-state index contributed by atoms with van der Waals surface area (Å²) < 4.78 is 5.97. The summed E-state index contributed by atoms with van der Waals surface area (Å²) in [7, 11) is 0. The molecule has 2 aromatic rings. The van der Waals surface area contributed by atoms with Gasteiger partial charge in [-0.25, -0.2) is 4.98 Å². The number of nitrogens with zero attached hydrogens (tertiary/aromatic N) is 2. The number of ether oxygens (including phenoxy) is 1. The first-order chi connectivity index (χ1) is 12.0. The highest BCUT2D eigenvalue weighted by atomic mass is 16.5. The first-order valence-electron chi connectivity index (χ1n) is 8.95. The Balaban J connectivity index is 1.74. The monoisotopic (exact) mass is 338 g/mol. The number of carbonyl (C=O) groups is 1. The molecule has 0 saturated carbocycles. The van der Waals surface area contributed by atoms with Crippen molar-refractivity contribution in [2.45, 2.75) is 59.2 Å². The number of rotatable bonds is 4. The van der Waals surface area contributed by atoms with Crippen LogP contribution in [0.2, 0.25) is 0 Å². The zero-order valence-corrected chi connectivity index (χ0v) is 15.5. The number of aromatic nitrogens is 1. The lowest BCUT2D eigenvalue weighted by atomic mass is 10.1. The molecule has 1 aliphatic rings. The quantitative estimate of drug-likeness (QED) is 0.835. The van der Waals surface area contributed by atoms with E-state index in [4.69, 9.17) is 4.74 Å². The number of hydrogen-bond donors (Lipinski definition) is 0. The largest absolute Gasteiger partial charge is 0.487 e. The second kappa shape index (κ2) is 7.26. The van der Waals surface area contributed by atoms with Gasteiger partial charge in [0.25, 0.3) is 5.91 Å². The Morgan fingerprint density at radius 2 is 1.68 bits per heavy atom. The maximum atomic E-state index is 12.8. The summed E-state index contributed by atoms with van der Waals surface area (Å²) in [6.07, 6.45) is 2.12. The van der Waals surface area contributed by atoms with E-state index in [1.54, 1.807) is 6.07 Å².